The average molecular weight is 497 g/mol. The van der Waals surface area contributed by atoms with Crippen LogP contribution in [0.3, 0.4) is 0 Å². The third-order valence-corrected chi connectivity index (χ3v) is 8.22. The smallest absolute Gasteiger partial charge is 0.313 e. The van der Waals surface area contributed by atoms with Crippen LogP contribution in [0.4, 0.5) is 5.69 Å². The first-order valence-electron chi connectivity index (χ1n) is 12.5. The van der Waals surface area contributed by atoms with E-state index >= 15 is 0 Å². The van der Waals surface area contributed by atoms with Crippen molar-refractivity contribution in [2.45, 2.75) is 51.4 Å². The first kappa shape index (κ1) is 26.1. The number of β-amino-alcohol motifs (C(OH)–C–C–N with tert-alkyl or cyclic N) is 1. The number of aryl methyl sites for hydroxylation is 2. The average Bonchev–Trinajstić information content (AvgIpc) is 3.34. The van der Waals surface area contributed by atoms with Crippen LogP contribution in [0.2, 0.25) is 0 Å². The molecule has 8 nitrogen and oxygen atoms in total. The molecule has 4 rings (SSSR count). The second-order valence-electron chi connectivity index (χ2n) is 10.4. The molecular formula is C28H36N2O6. The molecule has 1 N–H and O–H groups in total. The van der Waals surface area contributed by atoms with E-state index in [0.29, 0.717) is 6.42 Å². The zero-order valence-corrected chi connectivity index (χ0v) is 21.5. The van der Waals surface area contributed by atoms with E-state index in [1.807, 2.05) is 45.9 Å². The molecule has 0 aromatic heterocycles. The molecule has 36 heavy (non-hydrogen) atoms. The SMILES string of the molecule is C=CCOC(=O)[C@@H]1[C@H]2C(=O)N(CCO)C(C(=O)N(CC=C)c3cc(C)ccc3C)C23CC(C)[C@@]1(C)O3. The predicted molar refractivity (Wildman–Crippen MR) is 135 cm³/mol. The number of carbonyl (C=O) groups excluding carboxylic acids is 3. The number of anilines is 1. The number of amides is 2. The number of rotatable bonds is 9. The minimum absolute atomic E-state index is 0.0240. The Labute approximate surface area is 212 Å². The highest BCUT2D eigenvalue weighted by molar-refractivity contribution is 6.05. The maximum Gasteiger partial charge on any atom is 0.313 e. The molecule has 1 spiro atoms. The van der Waals surface area contributed by atoms with Crippen molar-refractivity contribution in [3.8, 4) is 0 Å². The van der Waals surface area contributed by atoms with Gasteiger partial charge in [0.05, 0.1) is 18.1 Å². The summed E-state index contributed by atoms with van der Waals surface area (Å²) in [4.78, 5) is 44.5. The van der Waals surface area contributed by atoms with E-state index in [0.717, 1.165) is 16.8 Å². The van der Waals surface area contributed by atoms with Gasteiger partial charge >= 0.3 is 5.97 Å². The summed E-state index contributed by atoms with van der Waals surface area (Å²) < 4.78 is 12.1. The van der Waals surface area contributed by atoms with Gasteiger partial charge in [-0.15, -0.1) is 6.58 Å². The van der Waals surface area contributed by atoms with E-state index in [9.17, 15) is 19.5 Å². The molecule has 8 heteroatoms. The highest BCUT2D eigenvalue weighted by Gasteiger charge is 2.80. The lowest BCUT2D eigenvalue weighted by molar-refractivity contribution is -0.160. The molecule has 0 saturated carbocycles. The van der Waals surface area contributed by atoms with Crippen LogP contribution in [0, 0.1) is 31.6 Å². The molecular weight excluding hydrogens is 460 g/mol. The standard InChI is InChI=1S/C28H36N2O6/c1-7-11-29(20-15-17(3)9-10-18(20)4)25(33)23-28-16-19(5)27(6,36-28)22(26(34)35-14-8-2)21(28)24(32)30(23)12-13-31/h7-10,15,19,21-23,31H,1-2,11-14,16H2,3-6H3/t19?,21-,22-,23?,27+,28?/m0/s1. The summed E-state index contributed by atoms with van der Waals surface area (Å²) in [6, 6.07) is 4.87. The first-order chi connectivity index (χ1) is 17.1. The quantitative estimate of drug-likeness (QED) is 0.417. The Morgan fingerprint density at radius 2 is 2.03 bits per heavy atom. The van der Waals surface area contributed by atoms with E-state index in [4.69, 9.17) is 9.47 Å². The minimum Gasteiger partial charge on any atom is -0.461 e. The lowest BCUT2D eigenvalue weighted by Crippen LogP contribution is -2.57. The largest absolute Gasteiger partial charge is 0.461 e. The third-order valence-electron chi connectivity index (χ3n) is 8.22. The number of aliphatic hydroxyl groups excluding tert-OH is 1. The van der Waals surface area contributed by atoms with E-state index in [1.165, 1.54) is 11.0 Å². The fourth-order valence-electron chi connectivity index (χ4n) is 6.55. The number of benzene rings is 1. The third kappa shape index (κ3) is 3.69. The summed E-state index contributed by atoms with van der Waals surface area (Å²) in [6.45, 7) is 15.0. The minimum atomic E-state index is -1.20. The van der Waals surface area contributed by atoms with Gasteiger partial charge in [0.25, 0.3) is 5.91 Å². The lowest BCUT2D eigenvalue weighted by atomic mass is 9.62. The summed E-state index contributed by atoms with van der Waals surface area (Å²) in [5.74, 6) is -3.04. The van der Waals surface area contributed by atoms with Gasteiger partial charge in [-0.3, -0.25) is 14.4 Å². The predicted octanol–water partition coefficient (Wildman–Crippen LogP) is 2.55. The maximum atomic E-state index is 14.4. The Balaban J connectivity index is 1.83. The van der Waals surface area contributed by atoms with Crippen LogP contribution in [0.5, 0.6) is 0 Å². The zero-order chi connectivity index (χ0) is 26.4. The van der Waals surface area contributed by atoms with Crippen molar-refractivity contribution in [1.29, 1.82) is 0 Å². The molecule has 2 bridgehead atoms. The van der Waals surface area contributed by atoms with Crippen LogP contribution in [0.1, 0.15) is 31.4 Å². The Kier molecular flexibility index (Phi) is 6.88. The van der Waals surface area contributed by atoms with Crippen LogP contribution >= 0.6 is 0 Å². The van der Waals surface area contributed by atoms with Gasteiger partial charge in [-0.2, -0.15) is 0 Å². The molecule has 6 atom stereocenters. The summed E-state index contributed by atoms with van der Waals surface area (Å²) in [5, 5.41) is 9.83. The molecule has 3 fully saturated rings. The molecule has 2 amide bonds. The molecule has 3 heterocycles. The Bertz CT molecular complexity index is 1100. The number of fused-ring (bicyclic) bond motifs is 1. The van der Waals surface area contributed by atoms with Gasteiger partial charge in [0.15, 0.2) is 0 Å². The van der Waals surface area contributed by atoms with Crippen LogP contribution in [-0.4, -0.2) is 71.3 Å². The van der Waals surface area contributed by atoms with E-state index < -0.39 is 35.0 Å². The molecule has 3 unspecified atom stereocenters. The van der Waals surface area contributed by atoms with Crippen molar-refractivity contribution in [3.05, 3.63) is 54.6 Å². The van der Waals surface area contributed by atoms with Gasteiger partial charge < -0.3 is 24.4 Å². The number of aliphatic hydroxyl groups is 1. The second kappa shape index (κ2) is 9.48. The molecule has 3 aliphatic heterocycles. The van der Waals surface area contributed by atoms with Crippen molar-refractivity contribution in [1.82, 2.24) is 4.90 Å². The summed E-state index contributed by atoms with van der Waals surface area (Å²) in [6.07, 6.45) is 3.57. The summed E-state index contributed by atoms with van der Waals surface area (Å²) in [7, 11) is 0. The number of ether oxygens (including phenoxy) is 2. The first-order valence-corrected chi connectivity index (χ1v) is 12.5. The number of esters is 1. The molecule has 0 aliphatic carbocycles. The Hall–Kier alpha value is -2.97. The highest BCUT2D eigenvalue weighted by atomic mass is 16.6. The van der Waals surface area contributed by atoms with Crippen molar-refractivity contribution in [2.24, 2.45) is 17.8 Å². The van der Waals surface area contributed by atoms with Gasteiger partial charge in [-0.05, 0) is 50.3 Å². The lowest BCUT2D eigenvalue weighted by Gasteiger charge is -2.37. The zero-order valence-electron chi connectivity index (χ0n) is 21.5. The van der Waals surface area contributed by atoms with Gasteiger partial charge in [0.1, 0.15) is 24.2 Å². The molecule has 1 aromatic rings. The van der Waals surface area contributed by atoms with Crippen LogP contribution in [0.15, 0.2) is 43.5 Å². The van der Waals surface area contributed by atoms with Crippen LogP contribution in [0.25, 0.3) is 0 Å². The van der Waals surface area contributed by atoms with Gasteiger partial charge in [0, 0.05) is 18.8 Å². The fraction of sp³-hybridized carbons (Fsp3) is 0.536. The number of likely N-dealkylation sites (tertiary alicyclic amines) is 1. The monoisotopic (exact) mass is 496 g/mol. The molecule has 194 valence electrons. The van der Waals surface area contributed by atoms with E-state index in [1.54, 1.807) is 11.0 Å². The normalized spacial score (nSPS) is 32.4. The van der Waals surface area contributed by atoms with Crippen molar-refractivity contribution < 1.29 is 29.0 Å². The molecule has 3 saturated heterocycles. The summed E-state index contributed by atoms with van der Waals surface area (Å²) in [5.41, 5.74) is 0.473. The van der Waals surface area contributed by atoms with Crippen molar-refractivity contribution in [2.75, 3.05) is 31.2 Å². The molecule has 3 aliphatic rings. The van der Waals surface area contributed by atoms with Crippen LogP contribution in [-0.2, 0) is 23.9 Å². The van der Waals surface area contributed by atoms with Crippen LogP contribution < -0.4 is 4.90 Å². The molecule has 0 radical (unpaired) electrons. The Morgan fingerprint density at radius 1 is 1.31 bits per heavy atom. The van der Waals surface area contributed by atoms with Gasteiger partial charge in [-0.25, -0.2) is 0 Å². The number of nitrogens with zero attached hydrogens (tertiary/aromatic N) is 2. The van der Waals surface area contributed by atoms with Crippen molar-refractivity contribution >= 4 is 23.5 Å². The number of carbonyl (C=O) groups is 3. The number of hydrogen-bond acceptors (Lipinski definition) is 6. The fourth-order valence-corrected chi connectivity index (χ4v) is 6.55. The highest BCUT2D eigenvalue weighted by Crippen LogP contribution is 2.65. The van der Waals surface area contributed by atoms with Gasteiger partial charge in [-0.1, -0.05) is 37.8 Å². The second-order valence-corrected chi connectivity index (χ2v) is 10.4. The number of hydrogen-bond donors (Lipinski definition) is 1. The van der Waals surface area contributed by atoms with Gasteiger partial charge in [0.2, 0.25) is 5.91 Å². The maximum absolute atomic E-state index is 14.4. The van der Waals surface area contributed by atoms with E-state index in [2.05, 4.69) is 13.2 Å². The van der Waals surface area contributed by atoms with E-state index in [-0.39, 0.29) is 44.0 Å². The summed E-state index contributed by atoms with van der Waals surface area (Å²) >= 11 is 0. The van der Waals surface area contributed by atoms with Crippen molar-refractivity contribution in [3.63, 3.8) is 0 Å². The molecule has 1 aromatic carbocycles. The Morgan fingerprint density at radius 3 is 2.67 bits per heavy atom. The topological polar surface area (TPSA) is 96.4 Å².